The third kappa shape index (κ3) is 3.87. The van der Waals surface area contributed by atoms with Gasteiger partial charge in [-0.05, 0) is 18.2 Å². The number of hydrogen-bond donors (Lipinski definition) is 0. The molecule has 0 atom stereocenters. The van der Waals surface area contributed by atoms with E-state index in [1.165, 1.54) is 26.6 Å². The van der Waals surface area contributed by atoms with E-state index in [1.807, 2.05) is 0 Å². The number of carbonyl (C=O) groups excluding carboxylic acids is 1. The first-order valence-electron chi connectivity index (χ1n) is 8.53. The zero-order valence-corrected chi connectivity index (χ0v) is 15.9. The first-order chi connectivity index (χ1) is 14.7. The minimum atomic E-state index is -0.717. The maximum atomic E-state index is 13.0. The van der Waals surface area contributed by atoms with Gasteiger partial charge in [-0.15, -0.1) is 20.1 Å². The predicted molar refractivity (Wildman–Crippen MR) is 99.7 cm³/mol. The molecule has 0 amide bonds. The van der Waals surface area contributed by atoms with Gasteiger partial charge in [0.05, 0.1) is 38.6 Å². The van der Waals surface area contributed by atoms with Crippen LogP contribution in [-0.2, 0) is 0 Å². The third-order valence-corrected chi connectivity index (χ3v) is 3.79. The highest BCUT2D eigenvalue weighted by Gasteiger charge is 2.23. The average Bonchev–Trinajstić information content (AvgIpc) is 3.47. The van der Waals surface area contributed by atoms with Crippen LogP contribution < -0.4 is 19.0 Å². The molecule has 0 fully saturated rings. The number of aromatic nitrogens is 7. The quantitative estimate of drug-likeness (QED) is 0.441. The van der Waals surface area contributed by atoms with Crippen LogP contribution in [0.4, 0.5) is 0 Å². The van der Waals surface area contributed by atoms with Crippen molar-refractivity contribution in [3.63, 3.8) is 0 Å². The zero-order chi connectivity index (χ0) is 20.9. The molecule has 0 bridgehead atoms. The summed E-state index contributed by atoms with van der Waals surface area (Å²) in [5.41, 5.74) is 0.569. The maximum absolute atomic E-state index is 13.0. The van der Waals surface area contributed by atoms with E-state index in [1.54, 1.807) is 47.6 Å². The van der Waals surface area contributed by atoms with Crippen LogP contribution in [0.5, 0.6) is 23.8 Å². The molecule has 0 saturated carbocycles. The van der Waals surface area contributed by atoms with E-state index in [-0.39, 0.29) is 29.3 Å². The van der Waals surface area contributed by atoms with Gasteiger partial charge in [0, 0.05) is 12.4 Å². The van der Waals surface area contributed by atoms with Gasteiger partial charge in [-0.1, -0.05) is 10.9 Å². The number of benzene rings is 1. The highest BCUT2D eigenvalue weighted by atomic mass is 16.7. The number of nitrogens with zero attached hydrogens (tertiary/aromatic N) is 7. The summed E-state index contributed by atoms with van der Waals surface area (Å²) in [5, 5.41) is 3.88. The number of hydrogen-bond acceptors (Lipinski definition) is 10. The molecule has 0 N–H and O–H groups in total. The van der Waals surface area contributed by atoms with Gasteiger partial charge in [0.1, 0.15) is 11.3 Å². The second kappa shape index (κ2) is 8.26. The zero-order valence-electron chi connectivity index (χ0n) is 15.9. The first kappa shape index (κ1) is 18.9. The Hall–Kier alpha value is -4.48. The smallest absolute Gasteiger partial charge is 0.371 e. The van der Waals surface area contributed by atoms with Gasteiger partial charge in [-0.25, -0.2) is 9.78 Å². The van der Waals surface area contributed by atoms with Gasteiger partial charge in [-0.3, -0.25) is 0 Å². The van der Waals surface area contributed by atoms with Crippen LogP contribution >= 0.6 is 0 Å². The molecule has 0 aliphatic heterocycles. The standard InChI is InChI=1S/C18H15N7O5/c1-27-16-21-17(28-2)23-18(22-16)29-13-6-3-5-12(24-10-8-19-11-24)14(13)15(26)30-25-9-4-7-20-25/h3-11H,1-2H3. The number of carbonyl (C=O) groups is 1. The molecule has 0 unspecified atom stereocenters. The van der Waals surface area contributed by atoms with Crippen molar-refractivity contribution < 1.29 is 23.8 Å². The largest absolute Gasteiger partial charge is 0.467 e. The lowest BCUT2D eigenvalue weighted by molar-refractivity contribution is 0.0392. The van der Waals surface area contributed by atoms with Crippen molar-refractivity contribution in [2.24, 2.45) is 0 Å². The molecule has 4 aromatic rings. The van der Waals surface area contributed by atoms with E-state index in [0.29, 0.717) is 5.69 Å². The average molecular weight is 409 g/mol. The van der Waals surface area contributed by atoms with Crippen molar-refractivity contribution in [3.05, 3.63) is 60.9 Å². The van der Waals surface area contributed by atoms with Gasteiger partial charge in [0.25, 0.3) is 0 Å². The van der Waals surface area contributed by atoms with Crippen LogP contribution in [0.3, 0.4) is 0 Å². The van der Waals surface area contributed by atoms with Crippen LogP contribution in [0.2, 0.25) is 0 Å². The molecular weight excluding hydrogens is 394 g/mol. The molecule has 3 aromatic heterocycles. The highest BCUT2D eigenvalue weighted by Crippen LogP contribution is 2.30. The van der Waals surface area contributed by atoms with Crippen molar-refractivity contribution in [2.45, 2.75) is 0 Å². The molecule has 0 aliphatic carbocycles. The Morgan fingerprint density at radius 1 is 0.933 bits per heavy atom. The molecule has 0 spiro atoms. The lowest BCUT2D eigenvalue weighted by Gasteiger charge is -2.14. The normalized spacial score (nSPS) is 10.5. The van der Waals surface area contributed by atoms with Gasteiger partial charge in [0.2, 0.25) is 0 Å². The van der Waals surface area contributed by atoms with Crippen LogP contribution in [-0.4, -0.2) is 54.6 Å². The van der Waals surface area contributed by atoms with Crippen LogP contribution in [0.25, 0.3) is 5.69 Å². The summed E-state index contributed by atoms with van der Waals surface area (Å²) in [6, 6.07) is 6.45. The van der Waals surface area contributed by atoms with Gasteiger partial charge in [0.15, 0.2) is 0 Å². The van der Waals surface area contributed by atoms with Crippen molar-refractivity contribution >= 4 is 5.97 Å². The summed E-state index contributed by atoms with van der Waals surface area (Å²) in [6.45, 7) is 0. The lowest BCUT2D eigenvalue weighted by Crippen LogP contribution is -2.22. The fourth-order valence-electron chi connectivity index (χ4n) is 2.51. The number of methoxy groups -OCH3 is 2. The SMILES string of the molecule is COc1nc(OC)nc(Oc2cccc(-n3ccnc3)c2C(=O)On2cccn2)n1. The predicted octanol–water partition coefficient (Wildman–Crippen LogP) is 1.33. The molecule has 1 aromatic carbocycles. The van der Waals surface area contributed by atoms with Gasteiger partial charge < -0.3 is 23.6 Å². The molecular formula is C18H15N7O5. The number of ether oxygens (including phenoxy) is 3. The topological polar surface area (TPSA) is 128 Å². The van der Waals surface area contributed by atoms with E-state index in [2.05, 4.69) is 25.0 Å². The number of imidazole rings is 1. The Balaban J connectivity index is 1.78. The summed E-state index contributed by atoms with van der Waals surface area (Å²) in [6.07, 6.45) is 7.77. The van der Waals surface area contributed by atoms with E-state index in [9.17, 15) is 4.79 Å². The second-order valence-corrected chi connectivity index (χ2v) is 5.60. The minimum absolute atomic E-state index is 0.0109. The summed E-state index contributed by atoms with van der Waals surface area (Å²) >= 11 is 0. The van der Waals surface area contributed by atoms with E-state index < -0.39 is 5.97 Å². The molecule has 0 radical (unpaired) electrons. The van der Waals surface area contributed by atoms with Crippen molar-refractivity contribution in [2.75, 3.05) is 14.2 Å². The van der Waals surface area contributed by atoms with Gasteiger partial charge in [-0.2, -0.15) is 0 Å². The van der Waals surface area contributed by atoms with Crippen molar-refractivity contribution in [3.8, 4) is 29.5 Å². The minimum Gasteiger partial charge on any atom is -0.467 e. The molecule has 12 heteroatoms. The van der Waals surface area contributed by atoms with Crippen LogP contribution in [0.15, 0.2) is 55.4 Å². The summed E-state index contributed by atoms with van der Waals surface area (Å²) < 4.78 is 17.5. The second-order valence-electron chi connectivity index (χ2n) is 5.60. The van der Waals surface area contributed by atoms with Crippen molar-refractivity contribution in [1.82, 2.24) is 34.4 Å². The van der Waals surface area contributed by atoms with E-state index >= 15 is 0 Å². The third-order valence-electron chi connectivity index (χ3n) is 3.79. The van der Waals surface area contributed by atoms with Gasteiger partial charge >= 0.3 is 24.0 Å². The monoisotopic (exact) mass is 409 g/mol. The Kier molecular flexibility index (Phi) is 5.19. The summed E-state index contributed by atoms with van der Waals surface area (Å²) in [5.74, 6) is -0.584. The Bertz CT molecular complexity index is 1120. The molecule has 30 heavy (non-hydrogen) atoms. The number of rotatable bonds is 7. The Morgan fingerprint density at radius 3 is 2.33 bits per heavy atom. The molecule has 3 heterocycles. The van der Waals surface area contributed by atoms with Crippen LogP contribution in [0, 0.1) is 0 Å². The van der Waals surface area contributed by atoms with Crippen LogP contribution in [0.1, 0.15) is 10.4 Å². The Labute approximate surface area is 169 Å². The fourth-order valence-corrected chi connectivity index (χ4v) is 2.51. The maximum Gasteiger partial charge on any atom is 0.371 e. The molecule has 4 rings (SSSR count). The Morgan fingerprint density at radius 2 is 1.70 bits per heavy atom. The first-order valence-corrected chi connectivity index (χ1v) is 8.53. The molecule has 152 valence electrons. The highest BCUT2D eigenvalue weighted by molar-refractivity contribution is 5.97. The van der Waals surface area contributed by atoms with E-state index in [4.69, 9.17) is 19.0 Å². The summed E-state index contributed by atoms with van der Waals surface area (Å²) in [4.78, 5) is 35.3. The molecule has 12 nitrogen and oxygen atoms in total. The van der Waals surface area contributed by atoms with E-state index in [0.717, 1.165) is 4.85 Å². The lowest BCUT2D eigenvalue weighted by atomic mass is 10.1. The fraction of sp³-hybridized carbons (Fsp3) is 0.111. The molecule has 0 saturated heterocycles. The summed E-state index contributed by atoms with van der Waals surface area (Å²) in [7, 11) is 2.79. The molecule has 0 aliphatic rings. The van der Waals surface area contributed by atoms with Crippen molar-refractivity contribution in [1.29, 1.82) is 0 Å².